The van der Waals surface area contributed by atoms with Gasteiger partial charge in [0.1, 0.15) is 5.82 Å². The lowest BCUT2D eigenvalue weighted by atomic mass is 9.97. The first-order chi connectivity index (χ1) is 13.0. The minimum Gasteiger partial charge on any atom is -0.303 e. The Hall–Kier alpha value is -1.76. The summed E-state index contributed by atoms with van der Waals surface area (Å²) in [7, 11) is -3.44. The van der Waals surface area contributed by atoms with Gasteiger partial charge >= 0.3 is 0 Å². The highest BCUT2D eigenvalue weighted by molar-refractivity contribution is 7.88. The van der Waals surface area contributed by atoms with Crippen molar-refractivity contribution < 1.29 is 12.8 Å². The molecule has 0 bridgehead atoms. The normalized spacial score (nSPS) is 16.5. The van der Waals surface area contributed by atoms with Gasteiger partial charge in [-0.1, -0.05) is 42.5 Å². The van der Waals surface area contributed by atoms with E-state index in [2.05, 4.69) is 33.9 Å². The first kappa shape index (κ1) is 20.0. The number of benzene rings is 2. The van der Waals surface area contributed by atoms with Crippen LogP contribution in [0.5, 0.6) is 0 Å². The lowest BCUT2D eigenvalue weighted by molar-refractivity contribution is 0.187. The minimum absolute atomic E-state index is 0.180. The summed E-state index contributed by atoms with van der Waals surface area (Å²) in [5.41, 5.74) is 1.82. The molecule has 0 amide bonds. The molecule has 0 unspecified atom stereocenters. The molecule has 146 valence electrons. The Labute approximate surface area is 161 Å². The van der Waals surface area contributed by atoms with Crippen molar-refractivity contribution in [1.82, 2.24) is 9.62 Å². The van der Waals surface area contributed by atoms with Crippen LogP contribution in [-0.4, -0.2) is 39.5 Å². The molecule has 3 rings (SSSR count). The smallest absolute Gasteiger partial charge is 0.215 e. The van der Waals surface area contributed by atoms with Crippen LogP contribution in [-0.2, 0) is 22.2 Å². The fourth-order valence-electron chi connectivity index (χ4n) is 3.49. The van der Waals surface area contributed by atoms with Crippen molar-refractivity contribution in [2.24, 2.45) is 5.92 Å². The largest absolute Gasteiger partial charge is 0.303 e. The summed E-state index contributed by atoms with van der Waals surface area (Å²) in [4.78, 5) is 2.45. The zero-order valence-electron chi connectivity index (χ0n) is 15.5. The molecule has 1 aliphatic heterocycles. The van der Waals surface area contributed by atoms with Crippen molar-refractivity contribution >= 4 is 10.0 Å². The van der Waals surface area contributed by atoms with Crippen LogP contribution >= 0.6 is 0 Å². The molecular weight excluding hydrogens is 363 g/mol. The van der Waals surface area contributed by atoms with Crippen molar-refractivity contribution in [2.45, 2.75) is 25.0 Å². The van der Waals surface area contributed by atoms with Gasteiger partial charge in [0, 0.05) is 13.1 Å². The van der Waals surface area contributed by atoms with Crippen molar-refractivity contribution in [1.29, 1.82) is 0 Å². The van der Waals surface area contributed by atoms with Gasteiger partial charge in [-0.2, -0.15) is 0 Å². The summed E-state index contributed by atoms with van der Waals surface area (Å²) in [5.74, 6) is -0.230. The Bertz CT molecular complexity index is 819. The minimum atomic E-state index is -3.44. The number of sulfonamides is 1. The van der Waals surface area contributed by atoms with Crippen LogP contribution in [0.1, 0.15) is 24.0 Å². The SMILES string of the molecule is O=S(=O)(Cc1cccc(F)c1)NCC1CCN(CCc2ccccc2)CC1. The molecule has 1 N–H and O–H groups in total. The molecule has 2 aromatic rings. The van der Waals surface area contributed by atoms with Crippen molar-refractivity contribution in [2.75, 3.05) is 26.2 Å². The third kappa shape index (κ3) is 6.72. The van der Waals surface area contributed by atoms with E-state index in [1.807, 2.05) is 6.07 Å². The topological polar surface area (TPSA) is 49.4 Å². The highest BCUT2D eigenvalue weighted by Gasteiger charge is 2.21. The molecule has 0 aliphatic carbocycles. The first-order valence-corrected chi connectivity index (χ1v) is 11.1. The van der Waals surface area contributed by atoms with Gasteiger partial charge < -0.3 is 4.90 Å². The Balaban J connectivity index is 1.38. The summed E-state index contributed by atoms with van der Waals surface area (Å²) < 4.78 is 40.4. The third-order valence-corrected chi connectivity index (χ3v) is 6.42. The molecule has 27 heavy (non-hydrogen) atoms. The van der Waals surface area contributed by atoms with Gasteiger partial charge in [-0.3, -0.25) is 0 Å². The third-order valence-electron chi connectivity index (χ3n) is 5.10. The zero-order chi connectivity index (χ0) is 19.1. The van der Waals surface area contributed by atoms with E-state index in [-0.39, 0.29) is 5.75 Å². The first-order valence-electron chi connectivity index (χ1n) is 9.48. The second-order valence-corrected chi connectivity index (χ2v) is 9.06. The number of hydrogen-bond donors (Lipinski definition) is 1. The molecule has 1 heterocycles. The van der Waals surface area contributed by atoms with Crippen LogP contribution in [0.15, 0.2) is 54.6 Å². The standard InChI is InChI=1S/C21H27FN2O2S/c22-21-8-4-7-20(15-21)17-27(25,26)23-16-19-10-13-24(14-11-19)12-9-18-5-2-1-3-6-18/h1-8,15,19,23H,9-14,16-17H2. The van der Waals surface area contributed by atoms with E-state index in [0.717, 1.165) is 38.9 Å². The van der Waals surface area contributed by atoms with Gasteiger partial charge in [0.05, 0.1) is 5.75 Å². The summed E-state index contributed by atoms with van der Waals surface area (Å²) in [6, 6.07) is 16.2. The molecule has 0 spiro atoms. The second-order valence-electron chi connectivity index (χ2n) is 7.26. The van der Waals surface area contributed by atoms with Crippen LogP contribution in [0.3, 0.4) is 0 Å². The highest BCUT2D eigenvalue weighted by Crippen LogP contribution is 2.17. The Morgan fingerprint density at radius 3 is 2.41 bits per heavy atom. The van der Waals surface area contributed by atoms with Gasteiger partial charge in [-0.05, 0) is 61.5 Å². The average Bonchev–Trinajstić information content (AvgIpc) is 2.66. The highest BCUT2D eigenvalue weighted by atomic mass is 32.2. The molecule has 0 radical (unpaired) electrons. The van der Waals surface area contributed by atoms with Crippen molar-refractivity contribution in [3.63, 3.8) is 0 Å². The van der Waals surface area contributed by atoms with E-state index in [4.69, 9.17) is 0 Å². The average molecular weight is 391 g/mol. The van der Waals surface area contributed by atoms with E-state index < -0.39 is 15.8 Å². The summed E-state index contributed by atoms with van der Waals surface area (Å²) >= 11 is 0. The van der Waals surface area contributed by atoms with E-state index in [1.165, 1.54) is 23.8 Å². The molecule has 1 saturated heterocycles. The molecule has 4 nitrogen and oxygen atoms in total. The van der Waals surface area contributed by atoms with E-state index in [9.17, 15) is 12.8 Å². The number of nitrogens with zero attached hydrogens (tertiary/aromatic N) is 1. The molecule has 0 aromatic heterocycles. The van der Waals surface area contributed by atoms with E-state index >= 15 is 0 Å². The molecule has 1 fully saturated rings. The Kier molecular flexibility index (Phi) is 6.99. The van der Waals surface area contributed by atoms with Crippen LogP contribution in [0, 0.1) is 11.7 Å². The van der Waals surface area contributed by atoms with Crippen LogP contribution in [0.4, 0.5) is 4.39 Å². The zero-order valence-corrected chi connectivity index (χ0v) is 16.3. The van der Waals surface area contributed by atoms with Crippen molar-refractivity contribution in [3.8, 4) is 0 Å². The molecule has 2 aromatic carbocycles. The lowest BCUT2D eigenvalue weighted by Crippen LogP contribution is -2.39. The maximum absolute atomic E-state index is 13.2. The second kappa shape index (κ2) is 9.44. The summed E-state index contributed by atoms with van der Waals surface area (Å²) in [5, 5.41) is 0. The number of likely N-dealkylation sites (tertiary alicyclic amines) is 1. The van der Waals surface area contributed by atoms with E-state index in [1.54, 1.807) is 6.07 Å². The van der Waals surface area contributed by atoms with E-state index in [0.29, 0.717) is 18.0 Å². The predicted molar refractivity (Wildman–Crippen MR) is 106 cm³/mol. The lowest BCUT2D eigenvalue weighted by Gasteiger charge is -2.32. The van der Waals surface area contributed by atoms with Gasteiger partial charge in [-0.15, -0.1) is 0 Å². The van der Waals surface area contributed by atoms with Crippen molar-refractivity contribution in [3.05, 3.63) is 71.5 Å². The molecule has 1 aliphatic rings. The number of halogens is 1. The monoisotopic (exact) mass is 390 g/mol. The van der Waals surface area contributed by atoms with Crippen LogP contribution < -0.4 is 4.72 Å². The number of rotatable bonds is 8. The molecule has 0 saturated carbocycles. The van der Waals surface area contributed by atoms with Gasteiger partial charge in [0.25, 0.3) is 0 Å². The summed E-state index contributed by atoms with van der Waals surface area (Å²) in [6.45, 7) is 3.51. The fourth-order valence-corrected chi connectivity index (χ4v) is 4.70. The van der Waals surface area contributed by atoms with Crippen LogP contribution in [0.25, 0.3) is 0 Å². The van der Waals surface area contributed by atoms with Gasteiger partial charge in [0.15, 0.2) is 0 Å². The quantitative estimate of drug-likeness (QED) is 0.753. The Morgan fingerprint density at radius 1 is 1.00 bits per heavy atom. The number of nitrogens with one attached hydrogen (secondary N) is 1. The van der Waals surface area contributed by atoms with Gasteiger partial charge in [0.2, 0.25) is 10.0 Å². The number of hydrogen-bond acceptors (Lipinski definition) is 3. The molecule has 6 heteroatoms. The maximum Gasteiger partial charge on any atom is 0.215 e. The van der Waals surface area contributed by atoms with Crippen LogP contribution in [0.2, 0.25) is 0 Å². The molecular formula is C21H27FN2O2S. The Morgan fingerprint density at radius 2 is 1.70 bits per heavy atom. The molecule has 0 atom stereocenters. The number of piperidine rings is 1. The predicted octanol–water partition coefficient (Wildman–Crippen LogP) is 3.20. The van der Waals surface area contributed by atoms with Gasteiger partial charge in [-0.25, -0.2) is 17.5 Å². The summed E-state index contributed by atoms with van der Waals surface area (Å²) in [6.07, 6.45) is 3.04. The maximum atomic E-state index is 13.2. The fraction of sp³-hybridized carbons (Fsp3) is 0.429.